The molecule has 0 spiro atoms. The maximum atomic E-state index is 12.5. The summed E-state index contributed by atoms with van der Waals surface area (Å²) in [7, 11) is -3.87. The van der Waals surface area contributed by atoms with Gasteiger partial charge in [-0.1, -0.05) is 0 Å². The summed E-state index contributed by atoms with van der Waals surface area (Å²) in [5.41, 5.74) is 0.216. The summed E-state index contributed by atoms with van der Waals surface area (Å²) >= 11 is 0. The van der Waals surface area contributed by atoms with E-state index in [0.717, 1.165) is 0 Å². The Hall–Kier alpha value is -2.55. The third-order valence-corrected chi connectivity index (χ3v) is 4.74. The van der Waals surface area contributed by atoms with Crippen LogP contribution in [0.2, 0.25) is 0 Å². The number of halogens is 2. The van der Waals surface area contributed by atoms with Crippen LogP contribution in [0.1, 0.15) is 6.42 Å². The van der Waals surface area contributed by atoms with Crippen LogP contribution < -0.4 is 18.9 Å². The highest BCUT2D eigenvalue weighted by Crippen LogP contribution is 2.32. The summed E-state index contributed by atoms with van der Waals surface area (Å²) in [5, 5.41) is 0. The lowest BCUT2D eigenvalue weighted by Gasteiger charge is -2.12. The van der Waals surface area contributed by atoms with Gasteiger partial charge in [-0.25, -0.2) is 8.42 Å². The third kappa shape index (κ3) is 4.30. The minimum atomic E-state index is -3.87. The number of fused-ring (bicyclic) bond motifs is 1. The summed E-state index contributed by atoms with van der Waals surface area (Å²) in [4.78, 5) is 0.00431. The van der Waals surface area contributed by atoms with Crippen molar-refractivity contribution in [2.45, 2.75) is 17.9 Å². The molecule has 0 atom stereocenters. The van der Waals surface area contributed by atoms with E-state index in [9.17, 15) is 17.2 Å². The van der Waals surface area contributed by atoms with E-state index in [-0.39, 0.29) is 16.3 Å². The zero-order valence-electron chi connectivity index (χ0n) is 12.9. The molecular formula is C16H15F2NO5S. The SMILES string of the molecule is O=S(=O)(Nc1ccc(OC(F)F)cc1)c1ccc2c(c1)OCCCO2. The lowest BCUT2D eigenvalue weighted by Crippen LogP contribution is -2.13. The molecule has 0 bridgehead atoms. The highest BCUT2D eigenvalue weighted by atomic mass is 32.2. The average molecular weight is 371 g/mol. The smallest absolute Gasteiger partial charge is 0.387 e. The first-order chi connectivity index (χ1) is 11.9. The molecule has 2 aromatic rings. The molecule has 1 heterocycles. The van der Waals surface area contributed by atoms with Crippen molar-refractivity contribution in [3.63, 3.8) is 0 Å². The van der Waals surface area contributed by atoms with Gasteiger partial charge in [-0.15, -0.1) is 0 Å². The molecule has 0 radical (unpaired) electrons. The van der Waals surface area contributed by atoms with E-state index in [1.165, 1.54) is 42.5 Å². The Morgan fingerprint density at radius 2 is 1.68 bits per heavy atom. The van der Waals surface area contributed by atoms with Crippen LogP contribution in [0.5, 0.6) is 17.2 Å². The van der Waals surface area contributed by atoms with Crippen molar-refractivity contribution in [1.82, 2.24) is 0 Å². The molecule has 3 rings (SSSR count). The standard InChI is InChI=1S/C16H15F2NO5S/c17-16(18)24-12-4-2-11(3-5-12)19-25(20,21)13-6-7-14-15(10-13)23-9-1-8-22-14/h2-7,10,16,19H,1,8-9H2. The van der Waals surface area contributed by atoms with Crippen molar-refractivity contribution in [3.05, 3.63) is 42.5 Å². The highest BCUT2D eigenvalue weighted by molar-refractivity contribution is 7.92. The molecule has 2 aromatic carbocycles. The second-order valence-electron chi connectivity index (χ2n) is 5.17. The Kier molecular flexibility index (Phi) is 4.93. The molecular weight excluding hydrogens is 356 g/mol. The van der Waals surface area contributed by atoms with E-state index in [1.807, 2.05) is 0 Å². The Morgan fingerprint density at radius 3 is 2.36 bits per heavy atom. The molecule has 0 unspecified atom stereocenters. The van der Waals surface area contributed by atoms with Crippen molar-refractivity contribution < 1.29 is 31.4 Å². The summed E-state index contributed by atoms with van der Waals surface area (Å²) in [6.07, 6.45) is 0.710. The summed E-state index contributed by atoms with van der Waals surface area (Å²) < 4.78 is 66.7. The van der Waals surface area contributed by atoms with Gasteiger partial charge in [0.05, 0.1) is 18.1 Å². The fourth-order valence-corrected chi connectivity index (χ4v) is 3.30. The molecule has 0 saturated carbocycles. The maximum Gasteiger partial charge on any atom is 0.387 e. The zero-order valence-corrected chi connectivity index (χ0v) is 13.8. The van der Waals surface area contributed by atoms with Crippen molar-refractivity contribution >= 4 is 15.7 Å². The molecule has 6 nitrogen and oxygen atoms in total. The molecule has 1 aliphatic heterocycles. The number of anilines is 1. The molecule has 9 heteroatoms. The Balaban J connectivity index is 1.78. The molecule has 25 heavy (non-hydrogen) atoms. The monoisotopic (exact) mass is 371 g/mol. The second kappa shape index (κ2) is 7.14. The lowest BCUT2D eigenvalue weighted by molar-refractivity contribution is -0.0498. The molecule has 1 N–H and O–H groups in total. The topological polar surface area (TPSA) is 73.9 Å². The van der Waals surface area contributed by atoms with Crippen LogP contribution in [0.15, 0.2) is 47.4 Å². The summed E-state index contributed by atoms with van der Waals surface area (Å²) in [5.74, 6) is 0.791. The van der Waals surface area contributed by atoms with Crippen LogP contribution in [-0.4, -0.2) is 28.2 Å². The molecule has 134 valence electrons. The Labute approximate surface area is 143 Å². The molecule has 0 fully saturated rings. The van der Waals surface area contributed by atoms with Gasteiger partial charge in [0.1, 0.15) is 5.75 Å². The van der Waals surface area contributed by atoms with Crippen LogP contribution >= 0.6 is 0 Å². The van der Waals surface area contributed by atoms with Crippen LogP contribution in [-0.2, 0) is 10.0 Å². The van der Waals surface area contributed by atoms with Gasteiger partial charge in [0.2, 0.25) is 0 Å². The van der Waals surface area contributed by atoms with E-state index in [0.29, 0.717) is 31.1 Å². The molecule has 0 aliphatic carbocycles. The predicted octanol–water partition coefficient (Wildman–Crippen LogP) is 3.25. The molecule has 0 amide bonds. The van der Waals surface area contributed by atoms with Crippen LogP contribution in [0.4, 0.5) is 14.5 Å². The van der Waals surface area contributed by atoms with E-state index in [4.69, 9.17) is 9.47 Å². The summed E-state index contributed by atoms with van der Waals surface area (Å²) in [6, 6.07) is 9.49. The number of benzene rings is 2. The second-order valence-corrected chi connectivity index (χ2v) is 6.85. The van der Waals surface area contributed by atoms with Crippen molar-refractivity contribution in [3.8, 4) is 17.2 Å². The summed E-state index contributed by atoms with van der Waals surface area (Å²) in [6.45, 7) is -2.00. The highest BCUT2D eigenvalue weighted by Gasteiger charge is 2.19. The minimum Gasteiger partial charge on any atom is -0.490 e. The van der Waals surface area contributed by atoms with Crippen molar-refractivity contribution in [2.75, 3.05) is 17.9 Å². The zero-order chi connectivity index (χ0) is 17.9. The fraction of sp³-hybridized carbons (Fsp3) is 0.250. The Morgan fingerprint density at radius 1 is 1.00 bits per heavy atom. The van der Waals surface area contributed by atoms with Gasteiger partial charge in [0, 0.05) is 18.2 Å². The third-order valence-electron chi connectivity index (χ3n) is 3.36. The van der Waals surface area contributed by atoms with E-state index >= 15 is 0 Å². The normalized spacial score (nSPS) is 14.0. The maximum absolute atomic E-state index is 12.5. The van der Waals surface area contributed by atoms with Gasteiger partial charge in [-0.3, -0.25) is 4.72 Å². The van der Waals surface area contributed by atoms with Gasteiger partial charge in [-0.05, 0) is 36.4 Å². The first kappa shape index (κ1) is 17.3. The van der Waals surface area contributed by atoms with Gasteiger partial charge >= 0.3 is 6.61 Å². The molecule has 0 saturated heterocycles. The first-order valence-corrected chi connectivity index (χ1v) is 8.90. The van der Waals surface area contributed by atoms with Crippen molar-refractivity contribution in [1.29, 1.82) is 0 Å². The van der Waals surface area contributed by atoms with E-state index in [1.54, 1.807) is 0 Å². The first-order valence-electron chi connectivity index (χ1n) is 7.41. The van der Waals surface area contributed by atoms with Gasteiger partial charge in [0.25, 0.3) is 10.0 Å². The Bertz CT molecular complexity index is 840. The number of hydrogen-bond acceptors (Lipinski definition) is 5. The van der Waals surface area contributed by atoms with Crippen LogP contribution in [0.25, 0.3) is 0 Å². The predicted molar refractivity (Wildman–Crippen MR) is 85.9 cm³/mol. The van der Waals surface area contributed by atoms with E-state index in [2.05, 4.69) is 9.46 Å². The largest absolute Gasteiger partial charge is 0.490 e. The van der Waals surface area contributed by atoms with Crippen molar-refractivity contribution in [2.24, 2.45) is 0 Å². The number of alkyl halides is 2. The average Bonchev–Trinajstić information content (AvgIpc) is 2.80. The minimum absolute atomic E-state index is 0.00431. The van der Waals surface area contributed by atoms with Gasteiger partial charge in [0.15, 0.2) is 11.5 Å². The fourth-order valence-electron chi connectivity index (χ4n) is 2.23. The van der Waals surface area contributed by atoms with Crippen LogP contribution in [0, 0.1) is 0 Å². The lowest BCUT2D eigenvalue weighted by atomic mass is 10.3. The quantitative estimate of drug-likeness (QED) is 0.873. The number of ether oxygens (including phenoxy) is 3. The molecule has 1 aliphatic rings. The number of hydrogen-bond donors (Lipinski definition) is 1. The van der Waals surface area contributed by atoms with E-state index < -0.39 is 16.6 Å². The number of sulfonamides is 1. The number of nitrogens with one attached hydrogen (secondary N) is 1. The molecule has 0 aromatic heterocycles. The van der Waals surface area contributed by atoms with Crippen LogP contribution in [0.3, 0.4) is 0 Å². The van der Waals surface area contributed by atoms with Gasteiger partial charge < -0.3 is 14.2 Å². The van der Waals surface area contributed by atoms with Gasteiger partial charge in [-0.2, -0.15) is 8.78 Å². The number of rotatable bonds is 5.